The third-order valence-electron chi connectivity index (χ3n) is 11.4. The molecule has 0 aromatic heterocycles. The minimum atomic E-state index is -0.909. The van der Waals surface area contributed by atoms with Gasteiger partial charge < -0.3 is 39.6 Å². The third kappa shape index (κ3) is 101. The number of carbonyl (C=O) groups excluding carboxylic acids is 4. The molecule has 10 heteroatoms. The first-order valence-corrected chi connectivity index (χ1v) is 32.0. The molecule has 0 bridgehead atoms. The first-order chi connectivity index (χ1) is 31.5. The van der Waals surface area contributed by atoms with Gasteiger partial charge in [-0.25, -0.2) is 0 Å². The van der Waals surface area contributed by atoms with Crippen molar-refractivity contribution in [3.05, 3.63) is 0 Å². The molecule has 0 spiro atoms. The van der Waals surface area contributed by atoms with E-state index < -0.39 is 23.9 Å². The summed E-state index contributed by atoms with van der Waals surface area (Å²) in [7, 11) is 0. The van der Waals surface area contributed by atoms with Crippen molar-refractivity contribution >= 4 is 62.1 Å². The van der Waals surface area contributed by atoms with Gasteiger partial charge in [-0.1, -0.05) is 233 Å². The number of hydrogen-bond donors (Lipinski definition) is 0. The Kier molecular flexibility index (Phi) is 87.9. The standard InChI is InChI=1S/4C12H24O2.2C4H9.H4Se.Sn/c4*1-2-3-4-5-6-7-8-9-10-11-12(13)14;2*1-3-4-2;;/h4*2-11H2,1H3,(H,13,14);2*1,3-4H2,2H3;1H4;/q;;;;;;2*+2/p-4. The molecule has 0 fully saturated rings. The van der Waals surface area contributed by atoms with Crippen LogP contribution in [0.25, 0.3) is 0 Å². The van der Waals surface area contributed by atoms with Crippen molar-refractivity contribution in [1.29, 1.82) is 0 Å². The summed E-state index contributed by atoms with van der Waals surface area (Å²) in [6, 6.07) is 0. The van der Waals surface area contributed by atoms with Gasteiger partial charge in [0.15, 0.2) is 0 Å². The summed E-state index contributed by atoms with van der Waals surface area (Å²) in [5.74, 6) is -3.64. The van der Waals surface area contributed by atoms with Crippen molar-refractivity contribution in [2.45, 2.75) is 333 Å². The van der Waals surface area contributed by atoms with E-state index in [0.717, 1.165) is 51.4 Å². The van der Waals surface area contributed by atoms with Crippen LogP contribution in [0.1, 0.15) is 324 Å². The van der Waals surface area contributed by atoms with Crippen LogP contribution in [-0.4, -0.2) is 62.1 Å². The van der Waals surface area contributed by atoms with Gasteiger partial charge in [0.1, 0.15) is 0 Å². The number of carbonyl (C=O) groups is 4. The molecule has 0 rings (SSSR count). The zero-order chi connectivity index (χ0) is 49.5. The van der Waals surface area contributed by atoms with Crippen LogP contribution in [0.4, 0.5) is 0 Å². The fourth-order valence-corrected chi connectivity index (χ4v) is 11.2. The zero-order valence-electron chi connectivity index (χ0n) is 45.0. The fourth-order valence-electron chi connectivity index (χ4n) is 7.05. The summed E-state index contributed by atoms with van der Waals surface area (Å²) in [5.41, 5.74) is 0. The number of carboxylic acids is 4. The first-order valence-electron chi connectivity index (χ1n) is 28.0. The second-order valence-electron chi connectivity index (χ2n) is 18.3. The summed E-state index contributed by atoms with van der Waals surface area (Å²) in [5, 5.41) is 40.4. The summed E-state index contributed by atoms with van der Waals surface area (Å²) in [6.07, 6.45) is 50.5. The molecule has 0 atom stereocenters. The van der Waals surface area contributed by atoms with Gasteiger partial charge in [0.05, 0.1) is 0 Å². The van der Waals surface area contributed by atoms with Gasteiger partial charge in [-0.2, -0.15) is 0 Å². The maximum absolute atomic E-state index is 10.1. The molecular weight excluding hydrogens is 998 g/mol. The van der Waals surface area contributed by atoms with Gasteiger partial charge >= 0.3 is 86.6 Å². The van der Waals surface area contributed by atoms with Crippen molar-refractivity contribution in [3.8, 4) is 0 Å². The Morgan fingerprint density at radius 1 is 0.242 bits per heavy atom. The van der Waals surface area contributed by atoms with Crippen LogP contribution in [-0.2, 0) is 19.2 Å². The molecule has 396 valence electrons. The Labute approximate surface area is 432 Å². The molecule has 0 saturated carbocycles. The predicted molar refractivity (Wildman–Crippen MR) is 284 cm³/mol. The summed E-state index contributed by atoms with van der Waals surface area (Å²) < 4.78 is 3.25. The second kappa shape index (κ2) is 75.7. The zero-order valence-corrected chi connectivity index (χ0v) is 50.8. The van der Waals surface area contributed by atoms with Crippen LogP contribution in [0.5, 0.6) is 0 Å². The third-order valence-corrected chi connectivity index (χ3v) is 15.4. The Morgan fingerprint density at radius 3 is 0.515 bits per heavy atom. The average Bonchev–Trinajstić information content (AvgIpc) is 3.27. The van der Waals surface area contributed by atoms with Gasteiger partial charge in [-0.3, -0.25) is 0 Å². The minimum absolute atomic E-state index is 0. The molecule has 0 unspecified atom stereocenters. The molecule has 0 aromatic carbocycles. The van der Waals surface area contributed by atoms with E-state index in [1.165, 1.54) is 205 Å². The van der Waals surface area contributed by atoms with E-state index >= 15 is 0 Å². The van der Waals surface area contributed by atoms with E-state index in [-0.39, 0.29) is 63.9 Å². The Bertz CT molecular complexity index is 773. The maximum atomic E-state index is 10.1. The molecule has 0 aromatic rings. The number of unbranched alkanes of at least 4 members (excludes halogenated alkanes) is 34. The summed E-state index contributed by atoms with van der Waals surface area (Å²) in [6.45, 7) is 13.5. The van der Waals surface area contributed by atoms with Crippen molar-refractivity contribution in [2.24, 2.45) is 0 Å². The number of aliphatic carboxylic acids is 4. The molecule has 0 aliphatic rings. The van der Waals surface area contributed by atoms with E-state index in [1.54, 1.807) is 8.87 Å². The van der Waals surface area contributed by atoms with Gasteiger partial charge in [0.25, 0.3) is 0 Å². The first kappa shape index (κ1) is 76.7. The van der Waals surface area contributed by atoms with Crippen LogP contribution in [0.15, 0.2) is 0 Å². The van der Waals surface area contributed by atoms with Crippen LogP contribution < -0.4 is 20.4 Å². The predicted octanol–water partition coefficient (Wildman–Crippen LogP) is 12.3. The number of hydrogen-bond acceptors (Lipinski definition) is 8. The summed E-state index contributed by atoms with van der Waals surface area (Å²) >= 11 is 0.149. The van der Waals surface area contributed by atoms with Crippen molar-refractivity contribution < 1.29 is 39.6 Å². The van der Waals surface area contributed by atoms with Crippen LogP contribution >= 0.6 is 0 Å². The molecule has 0 aliphatic carbocycles. The molecule has 0 N–H and O–H groups in total. The Balaban J connectivity index is -0.000000171. The number of rotatable bonds is 46. The van der Waals surface area contributed by atoms with E-state index in [0.29, 0.717) is 0 Å². The monoisotopic (exact) mass is 1110 g/mol. The average molecular weight is 1110 g/mol. The molecule has 66 heavy (non-hydrogen) atoms. The molecule has 0 aliphatic heterocycles. The normalized spacial score (nSPS) is 10.0. The SMILES string of the molecule is CCCCCCCCCCCC(=O)[O-].CCCCCCCCCCCC(=O)[O-].CCCCCCCCCCCC(=O)[O-].CCCCCCCCCCCC(=O)[O-].CCC[CH2][Sn+2][CH2]CCC.[SeH4+2]. The van der Waals surface area contributed by atoms with Gasteiger partial charge in [0.2, 0.25) is 0 Å². The molecule has 0 heterocycles. The van der Waals surface area contributed by atoms with Crippen LogP contribution in [0.3, 0.4) is 0 Å². The fraction of sp³-hybridized carbons (Fsp3) is 0.929. The van der Waals surface area contributed by atoms with E-state index in [2.05, 4.69) is 41.5 Å². The topological polar surface area (TPSA) is 161 Å². The van der Waals surface area contributed by atoms with Crippen molar-refractivity contribution in [1.82, 2.24) is 0 Å². The molecule has 0 radical (unpaired) electrons. The van der Waals surface area contributed by atoms with E-state index in [1.807, 2.05) is 0 Å². The van der Waals surface area contributed by atoms with Crippen molar-refractivity contribution in [3.63, 3.8) is 0 Å². The quantitative estimate of drug-likeness (QED) is 0.0430. The van der Waals surface area contributed by atoms with Crippen molar-refractivity contribution in [2.75, 3.05) is 0 Å². The number of carboxylic acid groups (broad SMARTS) is 4. The molecule has 0 saturated heterocycles. The van der Waals surface area contributed by atoms with E-state index in [4.69, 9.17) is 0 Å². The molecule has 0 amide bonds. The van der Waals surface area contributed by atoms with Crippen LogP contribution in [0, 0.1) is 0 Å². The van der Waals surface area contributed by atoms with Gasteiger partial charge in [-0.15, -0.1) is 0 Å². The van der Waals surface area contributed by atoms with Gasteiger partial charge in [0, 0.05) is 23.9 Å². The Hall–Kier alpha value is -0.802. The van der Waals surface area contributed by atoms with Crippen LogP contribution in [0.2, 0.25) is 8.87 Å². The summed E-state index contributed by atoms with van der Waals surface area (Å²) in [4.78, 5) is 40.4. The second-order valence-corrected chi connectivity index (χ2v) is 22.5. The molecular formula is C56H114O8SeSn. The molecule has 8 nitrogen and oxygen atoms in total. The van der Waals surface area contributed by atoms with Gasteiger partial charge in [-0.05, 0) is 51.4 Å². The van der Waals surface area contributed by atoms with E-state index in [9.17, 15) is 39.6 Å². The Morgan fingerprint density at radius 2 is 0.379 bits per heavy atom.